The van der Waals surface area contributed by atoms with Gasteiger partial charge < -0.3 is 5.32 Å². The molecule has 7 heteroatoms. The van der Waals surface area contributed by atoms with Gasteiger partial charge in [0.2, 0.25) is 5.91 Å². The molecule has 1 aliphatic rings. The first-order valence-electron chi connectivity index (χ1n) is 5.53. The van der Waals surface area contributed by atoms with Crippen molar-refractivity contribution in [2.24, 2.45) is 0 Å². The number of Topliss-reactive ketones (excluding diaryl/α,β-unsaturated/α-hetero) is 1. The largest absolute Gasteiger partial charge is 0.355 e. The lowest BCUT2D eigenvalue weighted by molar-refractivity contribution is -0.120. The standard InChI is InChI=1S/C11H12Br2N2O2S/c12-9-5-7(11(13)18-9)8(16)6-15-3-1-10(17)14-2-4-15/h5H,1-4,6H2,(H,14,17). The summed E-state index contributed by atoms with van der Waals surface area (Å²) in [5.74, 6) is 0.141. The zero-order chi connectivity index (χ0) is 13.1. The number of carbonyl (C=O) groups is 2. The van der Waals surface area contributed by atoms with Gasteiger partial charge in [-0.25, -0.2) is 0 Å². The number of carbonyl (C=O) groups excluding carboxylic acids is 2. The molecule has 0 bridgehead atoms. The molecule has 0 radical (unpaired) electrons. The highest BCUT2D eigenvalue weighted by molar-refractivity contribution is 9.12. The summed E-state index contributed by atoms with van der Waals surface area (Å²) < 4.78 is 1.79. The number of halogens is 2. The maximum Gasteiger partial charge on any atom is 0.221 e. The minimum Gasteiger partial charge on any atom is -0.355 e. The average Bonchev–Trinajstić information content (AvgIpc) is 2.51. The van der Waals surface area contributed by atoms with Crippen LogP contribution in [0, 0.1) is 0 Å². The Balaban J connectivity index is 1.98. The SMILES string of the molecule is O=C1CCN(CC(=O)c2cc(Br)sc2Br)CCN1. The van der Waals surface area contributed by atoms with E-state index in [0.717, 1.165) is 14.1 Å². The molecule has 1 saturated heterocycles. The van der Waals surface area contributed by atoms with Crippen molar-refractivity contribution in [3.05, 3.63) is 19.2 Å². The van der Waals surface area contributed by atoms with E-state index in [4.69, 9.17) is 0 Å². The lowest BCUT2D eigenvalue weighted by atomic mass is 10.2. The molecular weight excluding hydrogens is 384 g/mol. The minimum atomic E-state index is 0.0596. The zero-order valence-corrected chi connectivity index (χ0v) is 13.5. The number of hydrogen-bond donors (Lipinski definition) is 1. The third-order valence-corrected chi connectivity index (χ3v) is 5.07. The lowest BCUT2D eigenvalue weighted by Gasteiger charge is -2.17. The van der Waals surface area contributed by atoms with E-state index in [1.54, 1.807) is 0 Å². The summed E-state index contributed by atoms with van der Waals surface area (Å²) in [6, 6.07) is 1.83. The van der Waals surface area contributed by atoms with Gasteiger partial charge in [0.05, 0.1) is 14.1 Å². The van der Waals surface area contributed by atoms with E-state index in [1.807, 2.05) is 11.0 Å². The van der Waals surface area contributed by atoms with E-state index in [2.05, 4.69) is 37.2 Å². The van der Waals surface area contributed by atoms with E-state index >= 15 is 0 Å². The maximum atomic E-state index is 12.1. The number of nitrogens with zero attached hydrogens (tertiary/aromatic N) is 1. The van der Waals surface area contributed by atoms with E-state index in [0.29, 0.717) is 31.6 Å². The molecule has 1 aliphatic heterocycles. The number of nitrogens with one attached hydrogen (secondary N) is 1. The van der Waals surface area contributed by atoms with Gasteiger partial charge in [0, 0.05) is 31.6 Å². The van der Waals surface area contributed by atoms with Crippen molar-refractivity contribution in [1.82, 2.24) is 10.2 Å². The van der Waals surface area contributed by atoms with Gasteiger partial charge in [-0.15, -0.1) is 11.3 Å². The molecule has 98 valence electrons. The summed E-state index contributed by atoms with van der Waals surface area (Å²) in [6.07, 6.45) is 0.460. The Hall–Kier alpha value is -0.240. The van der Waals surface area contributed by atoms with Crippen molar-refractivity contribution in [3.8, 4) is 0 Å². The number of ketones is 1. The topological polar surface area (TPSA) is 49.4 Å². The molecule has 1 N–H and O–H groups in total. The van der Waals surface area contributed by atoms with Gasteiger partial charge in [-0.2, -0.15) is 0 Å². The Kier molecular flexibility index (Phi) is 4.94. The quantitative estimate of drug-likeness (QED) is 0.798. The summed E-state index contributed by atoms with van der Waals surface area (Å²) in [6.45, 7) is 2.33. The zero-order valence-electron chi connectivity index (χ0n) is 9.54. The third-order valence-electron chi connectivity index (χ3n) is 2.73. The van der Waals surface area contributed by atoms with Gasteiger partial charge in [-0.3, -0.25) is 14.5 Å². The van der Waals surface area contributed by atoms with Crippen LogP contribution < -0.4 is 5.32 Å². The van der Waals surface area contributed by atoms with Crippen LogP contribution in [0.15, 0.2) is 13.6 Å². The number of thiophene rings is 1. The molecule has 2 heterocycles. The smallest absolute Gasteiger partial charge is 0.221 e. The monoisotopic (exact) mass is 394 g/mol. The van der Waals surface area contributed by atoms with Crippen LogP contribution in [0.2, 0.25) is 0 Å². The molecule has 2 rings (SSSR count). The second kappa shape index (κ2) is 6.27. The van der Waals surface area contributed by atoms with Crippen molar-refractivity contribution < 1.29 is 9.59 Å². The summed E-state index contributed by atoms with van der Waals surface area (Å²) in [5.41, 5.74) is 0.704. The fourth-order valence-electron chi connectivity index (χ4n) is 1.79. The van der Waals surface area contributed by atoms with Gasteiger partial charge >= 0.3 is 0 Å². The summed E-state index contributed by atoms with van der Waals surface area (Å²) in [4.78, 5) is 25.4. The van der Waals surface area contributed by atoms with Crippen LogP contribution in [0.3, 0.4) is 0 Å². The van der Waals surface area contributed by atoms with Crippen LogP contribution in [-0.2, 0) is 4.79 Å². The van der Waals surface area contributed by atoms with Crippen molar-refractivity contribution >= 4 is 54.9 Å². The normalized spacial score (nSPS) is 17.3. The molecular formula is C11H12Br2N2O2S. The predicted octanol–water partition coefficient (Wildman–Crippen LogP) is 2.28. The molecule has 18 heavy (non-hydrogen) atoms. The summed E-state index contributed by atoms with van der Waals surface area (Å²) in [5, 5.41) is 2.80. The third kappa shape index (κ3) is 3.63. The Labute approximate surface area is 126 Å². The van der Waals surface area contributed by atoms with E-state index < -0.39 is 0 Å². The van der Waals surface area contributed by atoms with E-state index in [1.165, 1.54) is 11.3 Å². The van der Waals surface area contributed by atoms with Gasteiger partial charge in [-0.05, 0) is 37.9 Å². The predicted molar refractivity (Wildman–Crippen MR) is 78.1 cm³/mol. The summed E-state index contributed by atoms with van der Waals surface area (Å²) >= 11 is 8.25. The Bertz CT molecular complexity index is 476. The highest BCUT2D eigenvalue weighted by Crippen LogP contribution is 2.32. The first-order valence-corrected chi connectivity index (χ1v) is 7.93. The van der Waals surface area contributed by atoms with Crippen molar-refractivity contribution in [2.45, 2.75) is 6.42 Å². The molecule has 0 saturated carbocycles. The van der Waals surface area contributed by atoms with Crippen LogP contribution in [-0.4, -0.2) is 42.8 Å². The average molecular weight is 396 g/mol. The van der Waals surface area contributed by atoms with Gasteiger partial charge in [-0.1, -0.05) is 0 Å². The molecule has 0 aliphatic carbocycles. The van der Waals surface area contributed by atoms with Crippen LogP contribution >= 0.6 is 43.2 Å². The minimum absolute atomic E-state index is 0.0596. The lowest BCUT2D eigenvalue weighted by Crippen LogP contribution is -2.33. The Morgan fingerprint density at radius 2 is 2.22 bits per heavy atom. The molecule has 0 aromatic carbocycles. The molecule has 1 fully saturated rings. The van der Waals surface area contributed by atoms with Gasteiger partial charge in [0.15, 0.2) is 5.78 Å². The van der Waals surface area contributed by atoms with Crippen LogP contribution in [0.25, 0.3) is 0 Å². The van der Waals surface area contributed by atoms with Crippen molar-refractivity contribution in [1.29, 1.82) is 0 Å². The van der Waals surface area contributed by atoms with Crippen LogP contribution in [0.4, 0.5) is 0 Å². The number of amides is 1. The molecule has 0 atom stereocenters. The first kappa shape index (κ1) is 14.2. The molecule has 0 unspecified atom stereocenters. The number of rotatable bonds is 3. The van der Waals surface area contributed by atoms with Crippen LogP contribution in [0.1, 0.15) is 16.8 Å². The highest BCUT2D eigenvalue weighted by atomic mass is 79.9. The molecule has 1 amide bonds. The summed E-state index contributed by atoms with van der Waals surface area (Å²) in [7, 11) is 0. The highest BCUT2D eigenvalue weighted by Gasteiger charge is 2.19. The Morgan fingerprint density at radius 3 is 2.89 bits per heavy atom. The molecule has 1 aromatic heterocycles. The van der Waals surface area contributed by atoms with Gasteiger partial charge in [0.25, 0.3) is 0 Å². The van der Waals surface area contributed by atoms with E-state index in [9.17, 15) is 9.59 Å². The second-order valence-electron chi connectivity index (χ2n) is 4.04. The molecule has 0 spiro atoms. The maximum absolute atomic E-state index is 12.1. The van der Waals surface area contributed by atoms with Gasteiger partial charge in [0.1, 0.15) is 0 Å². The number of hydrogen-bond acceptors (Lipinski definition) is 4. The molecule has 4 nitrogen and oxygen atoms in total. The molecule has 1 aromatic rings. The second-order valence-corrected chi connectivity index (χ2v) is 7.79. The van der Waals surface area contributed by atoms with Crippen molar-refractivity contribution in [2.75, 3.05) is 26.2 Å². The fourth-order valence-corrected chi connectivity index (χ4v) is 4.65. The fraction of sp³-hybridized carbons (Fsp3) is 0.455. The first-order chi connectivity index (χ1) is 8.56. The van der Waals surface area contributed by atoms with Crippen LogP contribution in [0.5, 0.6) is 0 Å². The Morgan fingerprint density at radius 1 is 1.44 bits per heavy atom. The van der Waals surface area contributed by atoms with Crippen molar-refractivity contribution in [3.63, 3.8) is 0 Å². The van der Waals surface area contributed by atoms with E-state index in [-0.39, 0.29) is 11.7 Å².